The first-order chi connectivity index (χ1) is 13.1. The normalized spacial score (nSPS) is 31.8. The molecule has 150 valence electrons. The summed E-state index contributed by atoms with van der Waals surface area (Å²) in [5.41, 5.74) is 4.91. The van der Waals surface area contributed by atoms with Crippen molar-refractivity contribution in [3.8, 4) is 0 Å². The van der Waals surface area contributed by atoms with E-state index in [1.54, 1.807) is 11.1 Å². The molecule has 1 aromatic rings. The minimum Gasteiger partial charge on any atom is -0.396 e. The van der Waals surface area contributed by atoms with Crippen molar-refractivity contribution in [2.75, 3.05) is 19.8 Å². The number of ether oxygens (including phenoxy) is 1. The second-order valence-corrected chi connectivity index (χ2v) is 10.0. The van der Waals surface area contributed by atoms with Crippen molar-refractivity contribution in [3.63, 3.8) is 0 Å². The van der Waals surface area contributed by atoms with Crippen LogP contribution in [0, 0.1) is 17.3 Å². The molecule has 1 saturated heterocycles. The SMILES string of the molecule is C[C@]1(CO)CC[C@H](c2ccc3c(c2)CC[C@@H](CCCC2CCOCC2)C3)C1. The van der Waals surface area contributed by atoms with Gasteiger partial charge in [0.25, 0.3) is 0 Å². The maximum atomic E-state index is 9.66. The van der Waals surface area contributed by atoms with E-state index in [4.69, 9.17) is 4.74 Å². The van der Waals surface area contributed by atoms with Gasteiger partial charge < -0.3 is 9.84 Å². The highest BCUT2D eigenvalue weighted by Crippen LogP contribution is 2.46. The molecule has 4 rings (SSSR count). The van der Waals surface area contributed by atoms with Crippen molar-refractivity contribution >= 4 is 0 Å². The highest BCUT2D eigenvalue weighted by atomic mass is 16.5. The van der Waals surface area contributed by atoms with Gasteiger partial charge in [0.15, 0.2) is 0 Å². The number of fused-ring (bicyclic) bond motifs is 1. The lowest BCUT2D eigenvalue weighted by Crippen LogP contribution is -2.18. The van der Waals surface area contributed by atoms with Gasteiger partial charge in [-0.25, -0.2) is 0 Å². The summed E-state index contributed by atoms with van der Waals surface area (Å²) < 4.78 is 5.49. The molecule has 0 radical (unpaired) electrons. The van der Waals surface area contributed by atoms with Crippen molar-refractivity contribution < 1.29 is 9.84 Å². The molecule has 0 amide bonds. The van der Waals surface area contributed by atoms with Gasteiger partial charge in [-0.15, -0.1) is 0 Å². The van der Waals surface area contributed by atoms with Crippen LogP contribution >= 0.6 is 0 Å². The third kappa shape index (κ3) is 4.77. The zero-order chi connectivity index (χ0) is 18.7. The first kappa shape index (κ1) is 19.5. The van der Waals surface area contributed by atoms with Crippen LogP contribution in [0.15, 0.2) is 18.2 Å². The minimum atomic E-state index is 0.149. The summed E-state index contributed by atoms with van der Waals surface area (Å²) in [5.74, 6) is 2.48. The zero-order valence-corrected chi connectivity index (χ0v) is 17.2. The molecule has 0 bridgehead atoms. The van der Waals surface area contributed by atoms with E-state index < -0.39 is 0 Å². The lowest BCUT2D eigenvalue weighted by molar-refractivity contribution is 0.0627. The molecule has 0 spiro atoms. The summed E-state index contributed by atoms with van der Waals surface area (Å²) in [5, 5.41) is 9.66. The second-order valence-electron chi connectivity index (χ2n) is 10.0. The smallest absolute Gasteiger partial charge is 0.0484 e. The van der Waals surface area contributed by atoms with Crippen LogP contribution < -0.4 is 0 Å². The van der Waals surface area contributed by atoms with Crippen molar-refractivity contribution in [2.24, 2.45) is 17.3 Å². The second kappa shape index (κ2) is 8.66. The summed E-state index contributed by atoms with van der Waals surface area (Å²) in [4.78, 5) is 0. The van der Waals surface area contributed by atoms with Gasteiger partial charge in [0.05, 0.1) is 0 Å². The molecule has 3 aliphatic rings. The third-order valence-electron chi connectivity index (χ3n) is 7.82. The highest BCUT2D eigenvalue weighted by molar-refractivity contribution is 5.36. The van der Waals surface area contributed by atoms with Crippen LogP contribution in [0.4, 0.5) is 0 Å². The van der Waals surface area contributed by atoms with Crippen LogP contribution in [-0.2, 0) is 17.6 Å². The van der Waals surface area contributed by atoms with Gasteiger partial charge in [-0.2, -0.15) is 0 Å². The van der Waals surface area contributed by atoms with Gasteiger partial charge >= 0.3 is 0 Å². The van der Waals surface area contributed by atoms with E-state index in [0.717, 1.165) is 31.5 Å². The van der Waals surface area contributed by atoms with E-state index in [0.29, 0.717) is 12.5 Å². The van der Waals surface area contributed by atoms with Gasteiger partial charge in [0.2, 0.25) is 0 Å². The molecular formula is C25H38O2. The molecule has 1 aliphatic heterocycles. The molecule has 0 aromatic heterocycles. The van der Waals surface area contributed by atoms with Gasteiger partial charge in [0, 0.05) is 19.8 Å². The molecule has 27 heavy (non-hydrogen) atoms. The number of aliphatic hydroxyl groups is 1. The Morgan fingerprint density at radius 2 is 1.85 bits per heavy atom. The predicted octanol–water partition coefficient (Wildman–Crippen LogP) is 5.65. The Morgan fingerprint density at radius 3 is 2.63 bits per heavy atom. The Labute approximate surface area is 165 Å². The van der Waals surface area contributed by atoms with Gasteiger partial charge in [-0.05, 0) is 91.2 Å². The van der Waals surface area contributed by atoms with Crippen molar-refractivity contribution in [1.29, 1.82) is 0 Å². The summed E-state index contributed by atoms with van der Waals surface area (Å²) in [6, 6.07) is 7.35. The lowest BCUT2D eigenvalue weighted by atomic mass is 9.79. The maximum Gasteiger partial charge on any atom is 0.0484 e. The third-order valence-corrected chi connectivity index (χ3v) is 7.82. The fourth-order valence-electron chi connectivity index (χ4n) is 5.83. The molecule has 1 aromatic carbocycles. The molecule has 1 N–H and O–H groups in total. The lowest BCUT2D eigenvalue weighted by Gasteiger charge is -2.27. The van der Waals surface area contributed by atoms with Crippen LogP contribution in [0.2, 0.25) is 0 Å². The maximum absolute atomic E-state index is 9.66. The number of hydrogen-bond acceptors (Lipinski definition) is 2. The number of benzene rings is 1. The van der Waals surface area contributed by atoms with E-state index in [-0.39, 0.29) is 5.41 Å². The summed E-state index contributed by atoms with van der Waals surface area (Å²) >= 11 is 0. The molecule has 2 fully saturated rings. The quantitative estimate of drug-likeness (QED) is 0.700. The predicted molar refractivity (Wildman–Crippen MR) is 111 cm³/mol. The molecule has 1 saturated carbocycles. The monoisotopic (exact) mass is 370 g/mol. The zero-order valence-electron chi connectivity index (χ0n) is 17.2. The summed E-state index contributed by atoms with van der Waals surface area (Å²) in [6.07, 6.45) is 14.3. The Balaban J connectivity index is 1.29. The number of aliphatic hydroxyl groups excluding tert-OH is 1. The largest absolute Gasteiger partial charge is 0.396 e. The van der Waals surface area contributed by atoms with E-state index >= 15 is 0 Å². The average molecular weight is 371 g/mol. The number of aryl methyl sites for hydroxylation is 1. The fourth-order valence-corrected chi connectivity index (χ4v) is 5.83. The van der Waals surface area contributed by atoms with Crippen LogP contribution in [0.1, 0.15) is 87.3 Å². The Bertz CT molecular complexity index is 619. The van der Waals surface area contributed by atoms with Crippen LogP contribution in [0.5, 0.6) is 0 Å². The van der Waals surface area contributed by atoms with Crippen LogP contribution in [0.25, 0.3) is 0 Å². The van der Waals surface area contributed by atoms with Crippen LogP contribution in [0.3, 0.4) is 0 Å². The topological polar surface area (TPSA) is 29.5 Å². The van der Waals surface area contributed by atoms with Gasteiger partial charge in [-0.1, -0.05) is 44.4 Å². The minimum absolute atomic E-state index is 0.149. The molecule has 2 aliphatic carbocycles. The Morgan fingerprint density at radius 1 is 1.04 bits per heavy atom. The Hall–Kier alpha value is -0.860. The van der Waals surface area contributed by atoms with E-state index in [1.165, 1.54) is 69.8 Å². The van der Waals surface area contributed by atoms with Crippen molar-refractivity contribution in [2.45, 2.75) is 83.5 Å². The highest BCUT2D eigenvalue weighted by Gasteiger charge is 2.35. The van der Waals surface area contributed by atoms with Crippen molar-refractivity contribution in [1.82, 2.24) is 0 Å². The number of hydrogen-bond donors (Lipinski definition) is 1. The average Bonchev–Trinajstić information content (AvgIpc) is 3.11. The van der Waals surface area contributed by atoms with Gasteiger partial charge in [-0.3, -0.25) is 0 Å². The van der Waals surface area contributed by atoms with E-state index in [1.807, 2.05) is 0 Å². The molecule has 3 atom stereocenters. The summed E-state index contributed by atoms with van der Waals surface area (Å²) in [6.45, 7) is 4.56. The fraction of sp³-hybridized carbons (Fsp3) is 0.760. The Kier molecular flexibility index (Phi) is 6.24. The first-order valence-corrected chi connectivity index (χ1v) is 11.5. The molecule has 2 heteroatoms. The van der Waals surface area contributed by atoms with Crippen LogP contribution in [-0.4, -0.2) is 24.9 Å². The number of rotatable bonds is 6. The van der Waals surface area contributed by atoms with Gasteiger partial charge in [0.1, 0.15) is 0 Å². The molecular weight excluding hydrogens is 332 g/mol. The van der Waals surface area contributed by atoms with E-state index in [9.17, 15) is 5.11 Å². The first-order valence-electron chi connectivity index (χ1n) is 11.5. The molecule has 2 nitrogen and oxygen atoms in total. The van der Waals surface area contributed by atoms with Crippen molar-refractivity contribution in [3.05, 3.63) is 34.9 Å². The molecule has 1 heterocycles. The summed E-state index contributed by atoms with van der Waals surface area (Å²) in [7, 11) is 0. The van der Waals surface area contributed by atoms with E-state index in [2.05, 4.69) is 25.1 Å². The standard InChI is InChI=1S/C25H38O2/c1-25(18-26)12-9-24(17-25)23-8-7-21-15-20(5-6-22(21)16-23)4-2-3-19-10-13-27-14-11-19/h7-8,16,19-20,24,26H,2-6,9-15,17-18H2,1H3/t20-,24+,25+/m1/s1. The molecule has 0 unspecified atom stereocenters.